The van der Waals surface area contributed by atoms with Crippen LogP contribution in [-0.2, 0) is 0 Å². The molecule has 0 amide bonds. The highest BCUT2D eigenvalue weighted by molar-refractivity contribution is 9.10. The van der Waals surface area contributed by atoms with Gasteiger partial charge in [-0.15, -0.1) is 0 Å². The van der Waals surface area contributed by atoms with Crippen LogP contribution in [0.2, 0.25) is 5.02 Å². The minimum Gasteiger partial charge on any atom is -0.345 e. The highest BCUT2D eigenvalue weighted by Gasteiger charge is 2.22. The Hall–Kier alpha value is -2.09. The maximum absolute atomic E-state index is 9.02. The Bertz CT molecular complexity index is 865. The molecule has 1 aliphatic rings. The van der Waals surface area contributed by atoms with Crippen LogP contribution in [0.4, 0.5) is 5.69 Å². The topological polar surface area (TPSA) is 39.4 Å². The molecule has 2 aromatic rings. The predicted octanol–water partition coefficient (Wildman–Crippen LogP) is 4.80. The zero-order chi connectivity index (χ0) is 16.4. The summed E-state index contributed by atoms with van der Waals surface area (Å²) in [6.45, 7) is 0.427. The third kappa shape index (κ3) is 3.03. The van der Waals surface area contributed by atoms with Crippen molar-refractivity contribution in [3.05, 3.63) is 74.9 Å². The third-order valence-electron chi connectivity index (χ3n) is 3.77. The van der Waals surface area contributed by atoms with Crippen LogP contribution in [-0.4, -0.2) is 19.3 Å². The van der Waals surface area contributed by atoms with Gasteiger partial charge in [-0.1, -0.05) is 45.7 Å². The number of allylic oxidation sites excluding steroid dienone is 1. The molecule has 2 aromatic carbocycles. The summed E-state index contributed by atoms with van der Waals surface area (Å²) in [6, 6.07) is 15.8. The fourth-order valence-corrected chi connectivity index (χ4v) is 3.18. The van der Waals surface area contributed by atoms with Gasteiger partial charge in [0.15, 0.2) is 0 Å². The number of likely N-dealkylation sites (N-methyl/N-ethyl adjacent to an activating group) is 1. The van der Waals surface area contributed by atoms with Gasteiger partial charge in [-0.25, -0.2) is 0 Å². The predicted molar refractivity (Wildman–Crippen MR) is 98.2 cm³/mol. The molecule has 0 N–H and O–H groups in total. The van der Waals surface area contributed by atoms with Crippen LogP contribution in [0.15, 0.2) is 63.7 Å². The van der Waals surface area contributed by atoms with E-state index in [0.29, 0.717) is 11.6 Å². The van der Waals surface area contributed by atoms with Gasteiger partial charge < -0.3 is 4.90 Å². The minimum absolute atomic E-state index is 0.427. The van der Waals surface area contributed by atoms with E-state index in [4.69, 9.17) is 21.9 Å². The fourth-order valence-electron chi connectivity index (χ4n) is 2.60. The molecule has 0 aromatic heterocycles. The third-order valence-corrected chi connectivity index (χ3v) is 4.59. The van der Waals surface area contributed by atoms with E-state index in [9.17, 15) is 0 Å². The van der Waals surface area contributed by atoms with Crippen LogP contribution in [0.25, 0.3) is 0 Å². The second-order valence-corrected chi connectivity index (χ2v) is 6.45. The van der Waals surface area contributed by atoms with E-state index in [1.807, 2.05) is 54.4 Å². The number of aliphatic imine (C=N–C) groups is 1. The quantitative estimate of drug-likeness (QED) is 0.661. The normalized spacial score (nSPS) is 15.7. The monoisotopic (exact) mass is 385 g/mol. The zero-order valence-corrected chi connectivity index (χ0v) is 14.8. The van der Waals surface area contributed by atoms with E-state index in [0.717, 1.165) is 32.7 Å². The summed E-state index contributed by atoms with van der Waals surface area (Å²) < 4.78 is 0.970. The molecule has 0 fully saturated rings. The molecule has 1 aliphatic heterocycles. The number of nitriles is 1. The van der Waals surface area contributed by atoms with Crippen molar-refractivity contribution in [3.63, 3.8) is 0 Å². The molecule has 3 nitrogen and oxygen atoms in total. The summed E-state index contributed by atoms with van der Waals surface area (Å²) in [5.41, 5.74) is 4.54. The molecule has 0 saturated carbocycles. The summed E-state index contributed by atoms with van der Waals surface area (Å²) in [4.78, 5) is 6.74. The first kappa shape index (κ1) is 15.8. The molecule has 114 valence electrons. The van der Waals surface area contributed by atoms with Gasteiger partial charge in [-0.2, -0.15) is 5.26 Å². The van der Waals surface area contributed by atoms with Gasteiger partial charge in [-0.05, 0) is 24.3 Å². The second kappa shape index (κ2) is 6.57. The number of anilines is 1. The van der Waals surface area contributed by atoms with Crippen molar-refractivity contribution in [2.45, 2.75) is 0 Å². The van der Waals surface area contributed by atoms with Crippen LogP contribution in [0.5, 0.6) is 0 Å². The van der Waals surface area contributed by atoms with E-state index in [1.165, 1.54) is 6.08 Å². The number of hydrogen-bond donors (Lipinski definition) is 0. The molecule has 0 radical (unpaired) electrons. The molecule has 5 heteroatoms. The molecular formula is C18H13BrClN3. The van der Waals surface area contributed by atoms with E-state index in [-0.39, 0.29) is 0 Å². The number of benzene rings is 2. The van der Waals surface area contributed by atoms with Crippen LogP contribution in [0, 0.1) is 11.3 Å². The summed E-state index contributed by atoms with van der Waals surface area (Å²) in [6.07, 6.45) is 1.53. The highest BCUT2D eigenvalue weighted by atomic mass is 79.9. The first-order valence-corrected chi connectivity index (χ1v) is 8.20. The van der Waals surface area contributed by atoms with Gasteiger partial charge >= 0.3 is 0 Å². The summed E-state index contributed by atoms with van der Waals surface area (Å²) >= 11 is 9.90. The smallest absolute Gasteiger partial charge is 0.0931 e. The van der Waals surface area contributed by atoms with Crippen LogP contribution in [0.3, 0.4) is 0 Å². The number of fused-ring (bicyclic) bond motifs is 1. The van der Waals surface area contributed by atoms with E-state index >= 15 is 0 Å². The average Bonchev–Trinajstić information content (AvgIpc) is 2.67. The van der Waals surface area contributed by atoms with Crippen molar-refractivity contribution in [1.82, 2.24) is 0 Å². The minimum atomic E-state index is 0.427. The highest BCUT2D eigenvalue weighted by Crippen LogP contribution is 2.32. The number of halogens is 2. The Morgan fingerprint density at radius 2 is 2.04 bits per heavy atom. The van der Waals surface area contributed by atoms with E-state index < -0.39 is 0 Å². The molecule has 0 unspecified atom stereocenters. The van der Waals surface area contributed by atoms with E-state index in [1.54, 1.807) is 0 Å². The van der Waals surface area contributed by atoms with Gasteiger partial charge in [0.25, 0.3) is 0 Å². The summed E-state index contributed by atoms with van der Waals surface area (Å²) in [5.74, 6) is 0. The van der Waals surface area contributed by atoms with Crippen LogP contribution < -0.4 is 4.90 Å². The first-order valence-electron chi connectivity index (χ1n) is 7.03. The fraction of sp³-hybridized carbons (Fsp3) is 0.111. The Balaban J connectivity index is 2.27. The maximum Gasteiger partial charge on any atom is 0.0931 e. The van der Waals surface area contributed by atoms with Crippen molar-refractivity contribution in [2.24, 2.45) is 4.99 Å². The SMILES string of the molecule is CN1C(=CC#N)CN=C(c2ccccc2Cl)c2cc(Br)ccc21. The van der Waals surface area contributed by atoms with Gasteiger partial charge in [0.1, 0.15) is 0 Å². The Morgan fingerprint density at radius 1 is 1.26 bits per heavy atom. The van der Waals surface area contributed by atoms with Crippen molar-refractivity contribution in [3.8, 4) is 6.07 Å². The molecule has 0 aliphatic carbocycles. The first-order chi connectivity index (χ1) is 11.1. The van der Waals surface area contributed by atoms with Crippen LogP contribution in [0.1, 0.15) is 11.1 Å². The lowest BCUT2D eigenvalue weighted by Gasteiger charge is -2.21. The van der Waals surface area contributed by atoms with Crippen molar-refractivity contribution >= 4 is 38.9 Å². The lowest BCUT2D eigenvalue weighted by Crippen LogP contribution is -2.18. The number of rotatable bonds is 1. The molecule has 23 heavy (non-hydrogen) atoms. The average molecular weight is 387 g/mol. The summed E-state index contributed by atoms with van der Waals surface area (Å²) in [7, 11) is 1.95. The largest absolute Gasteiger partial charge is 0.345 e. The van der Waals surface area contributed by atoms with E-state index in [2.05, 4.69) is 22.0 Å². The number of hydrogen-bond acceptors (Lipinski definition) is 3. The molecular weight excluding hydrogens is 374 g/mol. The van der Waals surface area contributed by atoms with Gasteiger partial charge in [0, 0.05) is 39.4 Å². The zero-order valence-electron chi connectivity index (χ0n) is 12.4. The van der Waals surface area contributed by atoms with Crippen molar-refractivity contribution in [1.29, 1.82) is 5.26 Å². The molecule has 0 atom stereocenters. The van der Waals surface area contributed by atoms with Gasteiger partial charge in [0.05, 0.1) is 24.0 Å². The molecule has 0 saturated heterocycles. The Labute approximate surface area is 148 Å². The van der Waals surface area contributed by atoms with Gasteiger partial charge in [0.2, 0.25) is 0 Å². The Morgan fingerprint density at radius 3 is 2.78 bits per heavy atom. The summed E-state index contributed by atoms with van der Waals surface area (Å²) in [5, 5.41) is 9.68. The molecule has 0 bridgehead atoms. The second-order valence-electron chi connectivity index (χ2n) is 5.13. The van der Waals surface area contributed by atoms with Gasteiger partial charge in [-0.3, -0.25) is 4.99 Å². The Kier molecular flexibility index (Phi) is 4.51. The number of nitrogens with zero attached hydrogens (tertiary/aromatic N) is 3. The van der Waals surface area contributed by atoms with Crippen molar-refractivity contribution < 1.29 is 0 Å². The lowest BCUT2D eigenvalue weighted by atomic mass is 10.0. The number of benzodiazepines with no additional fused rings is 1. The van der Waals surface area contributed by atoms with Crippen LogP contribution >= 0.6 is 27.5 Å². The molecule has 0 spiro atoms. The maximum atomic E-state index is 9.02. The lowest BCUT2D eigenvalue weighted by molar-refractivity contribution is 1.02. The standard InChI is InChI=1S/C18H13BrClN3/c1-23-13(8-9-21)11-22-18(14-4-2-3-5-16(14)20)15-10-12(19)6-7-17(15)23/h2-8,10H,11H2,1H3. The molecule has 1 heterocycles. The molecule has 3 rings (SSSR count). The van der Waals surface area contributed by atoms with Crippen molar-refractivity contribution in [2.75, 3.05) is 18.5 Å².